The van der Waals surface area contributed by atoms with E-state index in [1.807, 2.05) is 0 Å². The Morgan fingerprint density at radius 2 is 1.61 bits per heavy atom. The van der Waals surface area contributed by atoms with Gasteiger partial charge in [-0.2, -0.15) is 0 Å². The van der Waals surface area contributed by atoms with Crippen LogP contribution in [0.5, 0.6) is 0 Å². The number of nitrogens with one attached hydrogen (secondary N) is 1. The number of carboxylic acid groups (broad SMARTS) is 1. The Hall–Kier alpha value is -1.03. The third-order valence-corrected chi connectivity index (χ3v) is 4.15. The maximum absolute atomic E-state index is 10.9. The summed E-state index contributed by atoms with van der Waals surface area (Å²) in [6.45, 7) is 6.48. The van der Waals surface area contributed by atoms with Crippen molar-refractivity contribution >= 4 is 22.4 Å². The fraction of sp³-hybridized carbons (Fsp3) is 0.643. The van der Waals surface area contributed by atoms with Gasteiger partial charge in [0.15, 0.2) is 0 Å². The molecule has 0 spiro atoms. The molecule has 0 saturated carbocycles. The van der Waals surface area contributed by atoms with Gasteiger partial charge in [0.1, 0.15) is 5.00 Å². The van der Waals surface area contributed by atoms with E-state index >= 15 is 0 Å². The van der Waals surface area contributed by atoms with E-state index < -0.39 is 6.09 Å². The van der Waals surface area contributed by atoms with Crippen molar-refractivity contribution in [1.82, 2.24) is 0 Å². The Morgan fingerprint density at radius 1 is 1.06 bits per heavy atom. The highest BCUT2D eigenvalue weighted by atomic mass is 32.1. The molecule has 1 heterocycles. The molecule has 0 bridgehead atoms. The minimum absolute atomic E-state index is 0.844. The van der Waals surface area contributed by atoms with E-state index in [1.165, 1.54) is 16.0 Å². The molecule has 0 aliphatic carbocycles. The van der Waals surface area contributed by atoms with Crippen molar-refractivity contribution in [2.75, 3.05) is 5.32 Å². The smallest absolute Gasteiger partial charge is 0.409 e. The molecule has 0 unspecified atom stereocenters. The van der Waals surface area contributed by atoms with E-state index in [-0.39, 0.29) is 0 Å². The molecular formula is C14H23NO2S. The van der Waals surface area contributed by atoms with Crippen LogP contribution < -0.4 is 5.32 Å². The Balaban J connectivity index is 3.14. The second kappa shape index (κ2) is 7.41. The van der Waals surface area contributed by atoms with E-state index in [0.29, 0.717) is 0 Å². The lowest BCUT2D eigenvalue weighted by atomic mass is 10.00. The molecule has 0 aromatic carbocycles. The first-order chi connectivity index (χ1) is 8.63. The van der Waals surface area contributed by atoms with E-state index in [0.717, 1.165) is 43.5 Å². The molecular weight excluding hydrogens is 246 g/mol. The molecule has 0 radical (unpaired) electrons. The first-order valence-electron chi connectivity index (χ1n) is 6.77. The number of carbonyl (C=O) groups is 1. The molecule has 1 aromatic heterocycles. The van der Waals surface area contributed by atoms with Crippen LogP contribution in [0, 0.1) is 0 Å². The summed E-state index contributed by atoms with van der Waals surface area (Å²) >= 11 is 1.63. The summed E-state index contributed by atoms with van der Waals surface area (Å²) < 4.78 is 0. The summed E-state index contributed by atoms with van der Waals surface area (Å²) in [6.07, 6.45) is 5.38. The molecule has 0 fully saturated rings. The molecule has 0 atom stereocenters. The lowest BCUT2D eigenvalue weighted by Crippen LogP contribution is -2.08. The van der Waals surface area contributed by atoms with Gasteiger partial charge in [-0.05, 0) is 30.4 Å². The van der Waals surface area contributed by atoms with Crippen LogP contribution in [-0.4, -0.2) is 11.2 Å². The molecule has 0 aliphatic rings. The van der Waals surface area contributed by atoms with Crippen LogP contribution in [0.1, 0.15) is 56.0 Å². The summed E-state index contributed by atoms with van der Waals surface area (Å²) in [6, 6.07) is 0. The Bertz CT molecular complexity index is 399. The quantitative estimate of drug-likeness (QED) is 0.754. The first kappa shape index (κ1) is 15.0. The fourth-order valence-electron chi connectivity index (χ4n) is 2.23. The van der Waals surface area contributed by atoms with Crippen LogP contribution >= 0.6 is 11.3 Å². The maximum atomic E-state index is 10.9. The van der Waals surface area contributed by atoms with Crippen molar-refractivity contribution in [3.05, 3.63) is 16.0 Å². The molecule has 1 amide bonds. The van der Waals surface area contributed by atoms with Gasteiger partial charge < -0.3 is 5.11 Å². The number of aryl methyl sites for hydroxylation is 1. The van der Waals surface area contributed by atoms with Gasteiger partial charge in [0, 0.05) is 4.88 Å². The second-order valence-electron chi connectivity index (χ2n) is 4.49. The summed E-state index contributed by atoms with van der Waals surface area (Å²) in [5.41, 5.74) is 2.63. The molecule has 2 N–H and O–H groups in total. The lowest BCUT2D eigenvalue weighted by molar-refractivity contribution is 0.210. The third kappa shape index (κ3) is 3.73. The van der Waals surface area contributed by atoms with Crippen LogP contribution in [-0.2, 0) is 19.3 Å². The topological polar surface area (TPSA) is 49.3 Å². The van der Waals surface area contributed by atoms with Crippen LogP contribution in [0.2, 0.25) is 0 Å². The minimum Gasteiger partial charge on any atom is -0.465 e. The van der Waals surface area contributed by atoms with Crippen LogP contribution in [0.25, 0.3) is 0 Å². The van der Waals surface area contributed by atoms with Crippen molar-refractivity contribution in [2.24, 2.45) is 0 Å². The minimum atomic E-state index is -0.959. The third-order valence-electron chi connectivity index (χ3n) is 2.90. The average molecular weight is 269 g/mol. The number of anilines is 1. The predicted octanol–water partition coefficient (Wildman–Crippen LogP) is 4.70. The molecule has 1 aromatic rings. The van der Waals surface area contributed by atoms with E-state index in [4.69, 9.17) is 5.11 Å². The summed E-state index contributed by atoms with van der Waals surface area (Å²) in [5, 5.41) is 12.3. The predicted molar refractivity (Wildman–Crippen MR) is 78.0 cm³/mol. The van der Waals surface area contributed by atoms with E-state index in [9.17, 15) is 4.79 Å². The van der Waals surface area contributed by atoms with Gasteiger partial charge in [0.05, 0.1) is 0 Å². The Morgan fingerprint density at radius 3 is 2.11 bits per heavy atom. The monoisotopic (exact) mass is 269 g/mol. The molecule has 1 rings (SSSR count). The number of rotatable bonds is 7. The zero-order valence-corrected chi connectivity index (χ0v) is 12.3. The zero-order chi connectivity index (χ0) is 13.5. The maximum Gasteiger partial charge on any atom is 0.409 e. The molecule has 0 saturated heterocycles. The molecule has 3 nitrogen and oxygen atoms in total. The second-order valence-corrected chi connectivity index (χ2v) is 5.60. The van der Waals surface area contributed by atoms with Crippen molar-refractivity contribution in [3.8, 4) is 0 Å². The van der Waals surface area contributed by atoms with Crippen molar-refractivity contribution in [2.45, 2.75) is 59.3 Å². The van der Waals surface area contributed by atoms with E-state index in [2.05, 4.69) is 26.1 Å². The van der Waals surface area contributed by atoms with Gasteiger partial charge in [0.2, 0.25) is 0 Å². The summed E-state index contributed by atoms with van der Waals surface area (Å²) in [5.74, 6) is 0. The van der Waals surface area contributed by atoms with Gasteiger partial charge >= 0.3 is 6.09 Å². The SMILES string of the molecule is CCCc1sc(NC(=O)O)c(CCC)c1CCC. The van der Waals surface area contributed by atoms with Crippen LogP contribution in [0.15, 0.2) is 0 Å². The van der Waals surface area contributed by atoms with Gasteiger partial charge in [-0.15, -0.1) is 11.3 Å². The molecule has 4 heteroatoms. The summed E-state index contributed by atoms with van der Waals surface area (Å²) in [4.78, 5) is 12.2. The molecule has 18 heavy (non-hydrogen) atoms. The largest absolute Gasteiger partial charge is 0.465 e. The highest BCUT2D eigenvalue weighted by molar-refractivity contribution is 7.16. The highest BCUT2D eigenvalue weighted by Crippen LogP contribution is 2.36. The molecule has 102 valence electrons. The van der Waals surface area contributed by atoms with Crippen LogP contribution in [0.4, 0.5) is 9.80 Å². The normalized spacial score (nSPS) is 10.6. The Kier molecular flexibility index (Phi) is 6.19. The Labute approximate surface area is 113 Å². The van der Waals surface area contributed by atoms with Gasteiger partial charge in [-0.25, -0.2) is 4.79 Å². The molecule has 0 aliphatic heterocycles. The standard InChI is InChI=1S/C14H23NO2S/c1-4-7-10-11(8-5-2)13(15-14(16)17)18-12(10)9-6-3/h15H,4-9H2,1-3H3,(H,16,17). The zero-order valence-electron chi connectivity index (χ0n) is 11.5. The highest BCUT2D eigenvalue weighted by Gasteiger charge is 2.17. The number of hydrogen-bond acceptors (Lipinski definition) is 2. The van der Waals surface area contributed by atoms with Gasteiger partial charge in [0.25, 0.3) is 0 Å². The number of thiophene rings is 1. The van der Waals surface area contributed by atoms with E-state index in [1.54, 1.807) is 11.3 Å². The summed E-state index contributed by atoms with van der Waals surface area (Å²) in [7, 11) is 0. The number of amides is 1. The van der Waals surface area contributed by atoms with Gasteiger partial charge in [-0.1, -0.05) is 40.0 Å². The lowest BCUT2D eigenvalue weighted by Gasteiger charge is -2.06. The van der Waals surface area contributed by atoms with Crippen molar-refractivity contribution in [3.63, 3.8) is 0 Å². The average Bonchev–Trinajstić information content (AvgIpc) is 2.59. The van der Waals surface area contributed by atoms with Crippen molar-refractivity contribution < 1.29 is 9.90 Å². The van der Waals surface area contributed by atoms with Crippen LogP contribution in [0.3, 0.4) is 0 Å². The van der Waals surface area contributed by atoms with Crippen molar-refractivity contribution in [1.29, 1.82) is 0 Å². The van der Waals surface area contributed by atoms with Gasteiger partial charge in [-0.3, -0.25) is 5.32 Å². The first-order valence-corrected chi connectivity index (χ1v) is 7.58. The fourth-order valence-corrected chi connectivity index (χ4v) is 3.62. The number of hydrogen-bond donors (Lipinski definition) is 2.